The Morgan fingerprint density at radius 1 is 1.28 bits per heavy atom. The van der Waals surface area contributed by atoms with Crippen LogP contribution in [-0.4, -0.2) is 45.6 Å². The fourth-order valence-corrected chi connectivity index (χ4v) is 4.57. The normalized spacial score (nSPS) is 16.0. The summed E-state index contributed by atoms with van der Waals surface area (Å²) in [7, 11) is 0. The second kappa shape index (κ2) is 10.0. The van der Waals surface area contributed by atoms with Gasteiger partial charge < -0.3 is 9.73 Å². The molecule has 1 fully saturated rings. The van der Waals surface area contributed by atoms with E-state index in [4.69, 9.17) is 4.42 Å². The molecule has 0 bridgehead atoms. The van der Waals surface area contributed by atoms with Crippen LogP contribution in [0.2, 0.25) is 0 Å². The number of hydrogen-bond donors (Lipinski definition) is 1. The lowest BCUT2D eigenvalue weighted by Gasteiger charge is -2.34. The quantitative estimate of drug-likeness (QED) is 0.405. The molecule has 1 unspecified atom stereocenters. The maximum absolute atomic E-state index is 12.5. The molecule has 10 heteroatoms. The minimum absolute atomic E-state index is 0.0142. The molecule has 3 heterocycles. The van der Waals surface area contributed by atoms with Gasteiger partial charge in [-0.2, -0.15) is 0 Å². The zero-order valence-corrected chi connectivity index (χ0v) is 18.6. The summed E-state index contributed by atoms with van der Waals surface area (Å²) in [6.07, 6.45) is 2.45. The Bertz CT molecular complexity index is 1040. The molecule has 1 aromatic carbocycles. The molecule has 1 amide bonds. The number of nitrogens with zero attached hydrogens (tertiary/aromatic N) is 4. The number of rotatable bonds is 8. The number of amides is 1. The Labute approximate surface area is 189 Å². The van der Waals surface area contributed by atoms with Gasteiger partial charge in [-0.15, -0.1) is 21.5 Å². The second-order valence-corrected chi connectivity index (χ2v) is 8.89. The van der Waals surface area contributed by atoms with Gasteiger partial charge in [0.05, 0.1) is 11.0 Å². The van der Waals surface area contributed by atoms with Gasteiger partial charge in [0.1, 0.15) is 0 Å². The Balaban J connectivity index is 1.27. The SMILES string of the molecule is CC(c1nnc(-c2ccc([N+](=O)[O-])cc2)o1)N1CCC(C(=O)NCCc2cccs2)CC1. The van der Waals surface area contributed by atoms with Crippen molar-refractivity contribution in [3.8, 4) is 11.5 Å². The van der Waals surface area contributed by atoms with Crippen molar-refractivity contribution in [3.63, 3.8) is 0 Å². The Morgan fingerprint density at radius 2 is 2.03 bits per heavy atom. The fourth-order valence-electron chi connectivity index (χ4n) is 3.86. The number of likely N-dealkylation sites (tertiary alicyclic amines) is 1. The maximum Gasteiger partial charge on any atom is 0.269 e. The van der Waals surface area contributed by atoms with Crippen LogP contribution in [0, 0.1) is 16.0 Å². The third-order valence-corrected chi connectivity index (χ3v) is 6.76. The van der Waals surface area contributed by atoms with Crippen molar-refractivity contribution in [2.75, 3.05) is 19.6 Å². The molecule has 32 heavy (non-hydrogen) atoms. The van der Waals surface area contributed by atoms with Crippen LogP contribution in [0.5, 0.6) is 0 Å². The van der Waals surface area contributed by atoms with Crippen LogP contribution in [0.3, 0.4) is 0 Å². The van der Waals surface area contributed by atoms with E-state index >= 15 is 0 Å². The number of benzene rings is 1. The van der Waals surface area contributed by atoms with Gasteiger partial charge in [-0.3, -0.25) is 19.8 Å². The minimum Gasteiger partial charge on any atom is -0.419 e. The van der Waals surface area contributed by atoms with Crippen molar-refractivity contribution in [1.82, 2.24) is 20.4 Å². The zero-order chi connectivity index (χ0) is 22.5. The lowest BCUT2D eigenvalue weighted by molar-refractivity contribution is -0.384. The largest absolute Gasteiger partial charge is 0.419 e. The highest BCUT2D eigenvalue weighted by atomic mass is 32.1. The van der Waals surface area contributed by atoms with E-state index < -0.39 is 4.92 Å². The summed E-state index contributed by atoms with van der Waals surface area (Å²) in [5.74, 6) is 0.992. The lowest BCUT2D eigenvalue weighted by Crippen LogP contribution is -2.41. The number of piperidine rings is 1. The minimum atomic E-state index is -0.446. The molecular formula is C22H25N5O4S. The first-order valence-electron chi connectivity index (χ1n) is 10.6. The molecule has 0 spiro atoms. The average Bonchev–Trinajstić information content (AvgIpc) is 3.51. The summed E-state index contributed by atoms with van der Waals surface area (Å²) in [6, 6.07) is 10.1. The molecule has 1 saturated heterocycles. The van der Waals surface area contributed by atoms with E-state index in [-0.39, 0.29) is 23.6 Å². The molecule has 0 saturated carbocycles. The molecule has 1 aliphatic heterocycles. The molecule has 168 valence electrons. The van der Waals surface area contributed by atoms with E-state index in [1.807, 2.05) is 18.4 Å². The maximum atomic E-state index is 12.5. The summed E-state index contributed by atoms with van der Waals surface area (Å²) in [4.78, 5) is 26.4. The number of carbonyl (C=O) groups excluding carboxylic acids is 1. The predicted octanol–water partition coefficient (Wildman–Crippen LogP) is 3.84. The molecule has 1 N–H and O–H groups in total. The van der Waals surface area contributed by atoms with Crippen LogP contribution in [0.15, 0.2) is 46.2 Å². The molecule has 2 aromatic heterocycles. The molecule has 3 aromatic rings. The van der Waals surface area contributed by atoms with Crippen LogP contribution in [0.1, 0.15) is 36.6 Å². The highest BCUT2D eigenvalue weighted by Gasteiger charge is 2.29. The van der Waals surface area contributed by atoms with E-state index in [0.29, 0.717) is 23.9 Å². The fraction of sp³-hybridized carbons (Fsp3) is 0.409. The van der Waals surface area contributed by atoms with Gasteiger partial charge in [-0.25, -0.2) is 0 Å². The third kappa shape index (κ3) is 5.20. The van der Waals surface area contributed by atoms with Crippen molar-refractivity contribution in [2.24, 2.45) is 5.92 Å². The summed E-state index contributed by atoms with van der Waals surface area (Å²) in [5.41, 5.74) is 0.653. The molecule has 4 rings (SSSR count). The highest BCUT2D eigenvalue weighted by Crippen LogP contribution is 2.28. The number of non-ortho nitro benzene ring substituents is 1. The number of thiophene rings is 1. The van der Waals surface area contributed by atoms with E-state index in [1.165, 1.54) is 17.0 Å². The number of nitro benzene ring substituents is 1. The monoisotopic (exact) mass is 455 g/mol. The topological polar surface area (TPSA) is 114 Å². The summed E-state index contributed by atoms with van der Waals surface area (Å²) >= 11 is 1.71. The molecule has 0 aliphatic carbocycles. The number of hydrogen-bond acceptors (Lipinski definition) is 8. The summed E-state index contributed by atoms with van der Waals surface area (Å²) in [6.45, 7) is 4.23. The van der Waals surface area contributed by atoms with Crippen molar-refractivity contribution >= 4 is 22.9 Å². The van der Waals surface area contributed by atoms with Crippen molar-refractivity contribution in [2.45, 2.75) is 32.2 Å². The highest BCUT2D eigenvalue weighted by molar-refractivity contribution is 7.09. The first-order valence-corrected chi connectivity index (χ1v) is 11.5. The van der Waals surface area contributed by atoms with Crippen molar-refractivity contribution < 1.29 is 14.1 Å². The van der Waals surface area contributed by atoms with Gasteiger partial charge in [0, 0.05) is 35.0 Å². The number of nitrogens with one attached hydrogen (secondary N) is 1. The molecule has 1 atom stereocenters. The Hall–Kier alpha value is -3.11. The molecular weight excluding hydrogens is 430 g/mol. The van der Waals surface area contributed by atoms with Crippen molar-refractivity contribution in [1.29, 1.82) is 0 Å². The lowest BCUT2D eigenvalue weighted by atomic mass is 9.95. The smallest absolute Gasteiger partial charge is 0.269 e. The van der Waals surface area contributed by atoms with Crippen LogP contribution in [-0.2, 0) is 11.2 Å². The second-order valence-electron chi connectivity index (χ2n) is 7.86. The van der Waals surface area contributed by atoms with Crippen LogP contribution in [0.4, 0.5) is 5.69 Å². The molecule has 9 nitrogen and oxygen atoms in total. The van der Waals surface area contributed by atoms with Gasteiger partial charge in [0.2, 0.25) is 17.7 Å². The standard InChI is InChI=1S/C22H25N5O4S/c1-15(21-24-25-22(31-21)17-4-6-18(7-5-17)27(29)30)26-12-9-16(10-13-26)20(28)23-11-8-19-3-2-14-32-19/h2-7,14-16H,8-13H2,1H3,(H,23,28). The summed E-state index contributed by atoms with van der Waals surface area (Å²) < 4.78 is 5.84. The number of carbonyl (C=O) groups is 1. The summed E-state index contributed by atoms with van der Waals surface area (Å²) in [5, 5.41) is 24.2. The van der Waals surface area contributed by atoms with Gasteiger partial charge in [0.25, 0.3) is 5.69 Å². The van der Waals surface area contributed by atoms with E-state index in [1.54, 1.807) is 23.5 Å². The average molecular weight is 456 g/mol. The first kappa shape index (κ1) is 22.1. The predicted molar refractivity (Wildman–Crippen MR) is 120 cm³/mol. The number of aromatic nitrogens is 2. The van der Waals surface area contributed by atoms with E-state index in [2.05, 4.69) is 26.5 Å². The molecule has 1 aliphatic rings. The Kier molecular flexibility index (Phi) is 6.91. The van der Waals surface area contributed by atoms with Crippen LogP contribution < -0.4 is 5.32 Å². The number of nitro groups is 1. The first-order chi connectivity index (χ1) is 15.5. The van der Waals surface area contributed by atoms with Crippen molar-refractivity contribution in [3.05, 3.63) is 62.7 Å². The van der Waals surface area contributed by atoms with Gasteiger partial charge in [-0.05, 0) is 62.9 Å². The van der Waals surface area contributed by atoms with Gasteiger partial charge in [0.15, 0.2) is 0 Å². The van der Waals surface area contributed by atoms with E-state index in [0.717, 1.165) is 32.4 Å². The molecule has 0 radical (unpaired) electrons. The van der Waals surface area contributed by atoms with Gasteiger partial charge in [-0.1, -0.05) is 6.07 Å². The van der Waals surface area contributed by atoms with E-state index in [9.17, 15) is 14.9 Å². The Morgan fingerprint density at radius 3 is 2.69 bits per heavy atom. The zero-order valence-electron chi connectivity index (χ0n) is 17.8. The van der Waals surface area contributed by atoms with Gasteiger partial charge >= 0.3 is 0 Å². The van der Waals surface area contributed by atoms with Crippen LogP contribution >= 0.6 is 11.3 Å². The van der Waals surface area contributed by atoms with Crippen LogP contribution in [0.25, 0.3) is 11.5 Å². The third-order valence-electron chi connectivity index (χ3n) is 5.82.